The third kappa shape index (κ3) is 9.75. The molecule has 1 aromatic rings. The van der Waals surface area contributed by atoms with Crippen LogP contribution in [0.15, 0.2) is 24.3 Å². The summed E-state index contributed by atoms with van der Waals surface area (Å²) >= 11 is 0. The zero-order valence-electron chi connectivity index (χ0n) is 15.5. The summed E-state index contributed by atoms with van der Waals surface area (Å²) in [5.41, 5.74) is 1.48. The SMILES string of the molecule is CCCCCCC(=O)OCCOC(=O)c1ccc(NCCCC)cc1. The van der Waals surface area contributed by atoms with Gasteiger partial charge >= 0.3 is 11.9 Å². The predicted molar refractivity (Wildman–Crippen MR) is 99.8 cm³/mol. The van der Waals surface area contributed by atoms with Crippen molar-refractivity contribution in [1.82, 2.24) is 0 Å². The number of esters is 2. The summed E-state index contributed by atoms with van der Waals surface area (Å²) in [6.07, 6.45) is 6.86. The molecule has 1 rings (SSSR count). The Balaban J connectivity index is 2.18. The lowest BCUT2D eigenvalue weighted by Crippen LogP contribution is -2.14. The lowest BCUT2D eigenvalue weighted by Gasteiger charge is -2.08. The molecule has 0 unspecified atom stereocenters. The normalized spacial score (nSPS) is 10.3. The molecule has 0 radical (unpaired) electrons. The van der Waals surface area contributed by atoms with Crippen LogP contribution in [0.5, 0.6) is 0 Å². The summed E-state index contributed by atoms with van der Waals surface area (Å²) in [6.45, 7) is 5.38. The van der Waals surface area contributed by atoms with E-state index in [0.717, 1.165) is 50.8 Å². The van der Waals surface area contributed by atoms with Gasteiger partial charge in [0.05, 0.1) is 5.56 Å². The molecular formula is C20H31NO4. The third-order valence-corrected chi connectivity index (χ3v) is 3.79. The first-order chi connectivity index (χ1) is 12.2. The van der Waals surface area contributed by atoms with Gasteiger partial charge in [0.15, 0.2) is 0 Å². The summed E-state index contributed by atoms with van der Waals surface area (Å²) in [5.74, 6) is -0.631. The number of carbonyl (C=O) groups excluding carboxylic acids is 2. The van der Waals surface area contributed by atoms with Crippen molar-refractivity contribution in [2.24, 2.45) is 0 Å². The van der Waals surface area contributed by atoms with Crippen LogP contribution in [-0.2, 0) is 14.3 Å². The van der Waals surface area contributed by atoms with E-state index in [0.29, 0.717) is 12.0 Å². The fraction of sp³-hybridized carbons (Fsp3) is 0.600. The van der Waals surface area contributed by atoms with Crippen LogP contribution >= 0.6 is 0 Å². The molecule has 140 valence electrons. The summed E-state index contributed by atoms with van der Waals surface area (Å²) in [6, 6.07) is 7.19. The Kier molecular flexibility index (Phi) is 11.2. The van der Waals surface area contributed by atoms with Crippen LogP contribution in [0.2, 0.25) is 0 Å². The van der Waals surface area contributed by atoms with Gasteiger partial charge in [-0.3, -0.25) is 4.79 Å². The van der Waals surface area contributed by atoms with Crippen LogP contribution in [0.4, 0.5) is 5.69 Å². The molecule has 0 spiro atoms. The van der Waals surface area contributed by atoms with E-state index in [-0.39, 0.29) is 19.2 Å². The number of hydrogen-bond acceptors (Lipinski definition) is 5. The molecule has 0 aliphatic heterocycles. The minimum absolute atomic E-state index is 0.0794. The van der Waals surface area contributed by atoms with Gasteiger partial charge in [-0.05, 0) is 37.1 Å². The number of carbonyl (C=O) groups is 2. The summed E-state index contributed by atoms with van der Waals surface area (Å²) < 4.78 is 10.2. The first kappa shape index (κ1) is 21.0. The molecule has 0 bridgehead atoms. The Morgan fingerprint density at radius 2 is 1.56 bits per heavy atom. The minimum atomic E-state index is -0.404. The van der Waals surface area contributed by atoms with E-state index in [2.05, 4.69) is 19.2 Å². The van der Waals surface area contributed by atoms with Gasteiger partial charge < -0.3 is 14.8 Å². The van der Waals surface area contributed by atoms with Crippen LogP contribution < -0.4 is 5.32 Å². The van der Waals surface area contributed by atoms with E-state index in [1.165, 1.54) is 0 Å². The lowest BCUT2D eigenvalue weighted by atomic mass is 10.2. The maximum atomic E-state index is 11.9. The molecule has 0 fully saturated rings. The Bertz CT molecular complexity index is 499. The van der Waals surface area contributed by atoms with Crippen molar-refractivity contribution in [3.8, 4) is 0 Å². The average molecular weight is 349 g/mol. The topological polar surface area (TPSA) is 64.6 Å². The summed E-state index contributed by atoms with van der Waals surface area (Å²) in [7, 11) is 0. The third-order valence-electron chi connectivity index (χ3n) is 3.79. The second-order valence-electron chi connectivity index (χ2n) is 6.02. The molecule has 25 heavy (non-hydrogen) atoms. The van der Waals surface area contributed by atoms with Crippen LogP contribution in [0, 0.1) is 0 Å². The van der Waals surface area contributed by atoms with E-state index < -0.39 is 5.97 Å². The molecule has 1 aromatic carbocycles. The first-order valence-corrected chi connectivity index (χ1v) is 9.34. The van der Waals surface area contributed by atoms with Crippen molar-refractivity contribution < 1.29 is 19.1 Å². The number of benzene rings is 1. The summed E-state index contributed by atoms with van der Waals surface area (Å²) in [5, 5.41) is 3.29. The first-order valence-electron chi connectivity index (χ1n) is 9.34. The van der Waals surface area contributed by atoms with Crippen molar-refractivity contribution in [2.45, 2.75) is 58.8 Å². The number of unbranched alkanes of at least 4 members (excludes halogenated alkanes) is 4. The molecule has 0 saturated heterocycles. The van der Waals surface area contributed by atoms with Crippen LogP contribution in [0.1, 0.15) is 69.2 Å². The molecular weight excluding hydrogens is 318 g/mol. The highest BCUT2D eigenvalue weighted by molar-refractivity contribution is 5.89. The molecule has 0 amide bonds. The van der Waals surface area contributed by atoms with E-state index in [1.54, 1.807) is 12.1 Å². The van der Waals surface area contributed by atoms with Crippen molar-refractivity contribution in [3.63, 3.8) is 0 Å². The second-order valence-corrected chi connectivity index (χ2v) is 6.02. The van der Waals surface area contributed by atoms with Crippen molar-refractivity contribution >= 4 is 17.6 Å². The molecule has 0 atom stereocenters. The zero-order valence-corrected chi connectivity index (χ0v) is 15.5. The monoisotopic (exact) mass is 349 g/mol. The fourth-order valence-electron chi connectivity index (χ4n) is 2.28. The maximum absolute atomic E-state index is 11.9. The Hall–Kier alpha value is -2.04. The van der Waals surface area contributed by atoms with E-state index >= 15 is 0 Å². The number of hydrogen-bond donors (Lipinski definition) is 1. The van der Waals surface area contributed by atoms with Crippen LogP contribution in [-0.4, -0.2) is 31.7 Å². The molecule has 1 N–H and O–H groups in total. The highest BCUT2D eigenvalue weighted by Crippen LogP contribution is 2.11. The number of anilines is 1. The van der Waals surface area contributed by atoms with Gasteiger partial charge in [-0.15, -0.1) is 0 Å². The largest absolute Gasteiger partial charge is 0.462 e. The predicted octanol–water partition coefficient (Wildman–Crippen LogP) is 4.57. The van der Waals surface area contributed by atoms with Gasteiger partial charge in [-0.25, -0.2) is 4.79 Å². The lowest BCUT2D eigenvalue weighted by molar-refractivity contribution is -0.144. The van der Waals surface area contributed by atoms with E-state index in [1.807, 2.05) is 12.1 Å². The molecule has 5 heteroatoms. The Morgan fingerprint density at radius 1 is 0.880 bits per heavy atom. The average Bonchev–Trinajstić information content (AvgIpc) is 2.63. The Morgan fingerprint density at radius 3 is 2.24 bits per heavy atom. The van der Waals surface area contributed by atoms with Gasteiger partial charge in [0, 0.05) is 18.7 Å². The van der Waals surface area contributed by atoms with Gasteiger partial charge in [0.1, 0.15) is 13.2 Å². The Labute approximate surface area is 151 Å². The zero-order chi connectivity index (χ0) is 18.3. The van der Waals surface area contributed by atoms with Crippen molar-refractivity contribution in [2.75, 3.05) is 25.1 Å². The second kappa shape index (κ2) is 13.3. The minimum Gasteiger partial charge on any atom is -0.462 e. The van der Waals surface area contributed by atoms with Crippen LogP contribution in [0.25, 0.3) is 0 Å². The van der Waals surface area contributed by atoms with E-state index in [9.17, 15) is 9.59 Å². The molecule has 0 aromatic heterocycles. The number of rotatable bonds is 13. The quantitative estimate of drug-likeness (QED) is 0.417. The highest BCUT2D eigenvalue weighted by atomic mass is 16.6. The number of ether oxygens (including phenoxy) is 2. The summed E-state index contributed by atoms with van der Waals surface area (Å²) in [4.78, 5) is 23.4. The van der Waals surface area contributed by atoms with Gasteiger partial charge in [-0.2, -0.15) is 0 Å². The van der Waals surface area contributed by atoms with E-state index in [4.69, 9.17) is 9.47 Å². The van der Waals surface area contributed by atoms with Crippen LogP contribution in [0.3, 0.4) is 0 Å². The standard InChI is InChI=1S/C20H31NO4/c1-3-5-7-8-9-19(22)24-15-16-25-20(23)17-10-12-18(13-11-17)21-14-6-4-2/h10-13,21H,3-9,14-16H2,1-2H3. The van der Waals surface area contributed by atoms with Crippen molar-refractivity contribution in [1.29, 1.82) is 0 Å². The van der Waals surface area contributed by atoms with Gasteiger partial charge in [0.25, 0.3) is 0 Å². The fourth-order valence-corrected chi connectivity index (χ4v) is 2.28. The molecule has 0 aliphatic carbocycles. The molecule has 0 aliphatic rings. The highest BCUT2D eigenvalue weighted by Gasteiger charge is 2.08. The smallest absolute Gasteiger partial charge is 0.338 e. The van der Waals surface area contributed by atoms with Crippen molar-refractivity contribution in [3.05, 3.63) is 29.8 Å². The van der Waals surface area contributed by atoms with Gasteiger partial charge in [0.2, 0.25) is 0 Å². The molecule has 5 nitrogen and oxygen atoms in total. The molecule has 0 heterocycles. The van der Waals surface area contributed by atoms with Gasteiger partial charge in [-0.1, -0.05) is 39.5 Å². The number of nitrogens with one attached hydrogen (secondary N) is 1. The molecule has 0 saturated carbocycles. The maximum Gasteiger partial charge on any atom is 0.338 e.